The Labute approximate surface area is 109 Å². The Morgan fingerprint density at radius 1 is 1.17 bits per heavy atom. The number of aromatic nitrogens is 2. The molecule has 0 unspecified atom stereocenters. The number of anilines is 1. The van der Waals surface area contributed by atoms with E-state index in [0.717, 1.165) is 39.3 Å². The summed E-state index contributed by atoms with van der Waals surface area (Å²) in [6.45, 7) is 6.78. The van der Waals surface area contributed by atoms with Crippen molar-refractivity contribution < 1.29 is 0 Å². The number of nitrogens with one attached hydrogen (secondary N) is 1. The largest absolute Gasteiger partial charge is 0.366 e. The van der Waals surface area contributed by atoms with E-state index in [0.29, 0.717) is 6.04 Å². The van der Waals surface area contributed by atoms with E-state index in [1.54, 1.807) is 0 Å². The summed E-state index contributed by atoms with van der Waals surface area (Å²) in [6.07, 6.45) is 6.67. The van der Waals surface area contributed by atoms with Crippen LogP contribution in [0.3, 0.4) is 0 Å². The third kappa shape index (κ3) is 2.52. The quantitative estimate of drug-likeness (QED) is 0.831. The molecule has 2 aliphatic rings. The molecule has 100 valence electrons. The van der Waals surface area contributed by atoms with Gasteiger partial charge in [-0.2, -0.15) is 5.10 Å². The predicted octanol–water partition coefficient (Wildman–Crippen LogP) is 0.559. The normalized spacial score (nSPS) is 23.5. The van der Waals surface area contributed by atoms with Gasteiger partial charge >= 0.3 is 0 Å². The molecule has 0 aromatic carbocycles. The standard InChI is InChI=1S/C13H23N5/c1-16-6-8-17(9-7-16)13-10-15-18(11-13)12-2-4-14-5-3-12/h10-12,14H,2-9H2,1H3. The molecular weight excluding hydrogens is 226 g/mol. The van der Waals surface area contributed by atoms with E-state index >= 15 is 0 Å². The highest BCUT2D eigenvalue weighted by molar-refractivity contribution is 5.42. The molecule has 2 fully saturated rings. The number of piperazine rings is 1. The van der Waals surface area contributed by atoms with E-state index in [2.05, 4.69) is 38.1 Å². The molecular formula is C13H23N5. The second kappa shape index (κ2) is 5.28. The molecule has 0 aliphatic carbocycles. The van der Waals surface area contributed by atoms with Crippen molar-refractivity contribution >= 4 is 5.69 Å². The summed E-state index contributed by atoms with van der Waals surface area (Å²) in [5.41, 5.74) is 1.29. The van der Waals surface area contributed by atoms with Gasteiger partial charge < -0.3 is 15.1 Å². The summed E-state index contributed by atoms with van der Waals surface area (Å²) in [6, 6.07) is 0.590. The summed E-state index contributed by atoms with van der Waals surface area (Å²) >= 11 is 0. The first-order chi connectivity index (χ1) is 8.83. The van der Waals surface area contributed by atoms with E-state index in [1.165, 1.54) is 18.5 Å². The zero-order valence-electron chi connectivity index (χ0n) is 11.2. The Morgan fingerprint density at radius 2 is 1.89 bits per heavy atom. The van der Waals surface area contributed by atoms with Crippen molar-refractivity contribution in [1.29, 1.82) is 0 Å². The molecule has 1 aromatic rings. The molecule has 2 saturated heterocycles. The number of hydrogen-bond donors (Lipinski definition) is 1. The first kappa shape index (κ1) is 12.0. The predicted molar refractivity (Wildman–Crippen MR) is 73.1 cm³/mol. The van der Waals surface area contributed by atoms with Crippen LogP contribution in [0.25, 0.3) is 0 Å². The molecule has 0 radical (unpaired) electrons. The minimum atomic E-state index is 0.590. The highest BCUT2D eigenvalue weighted by Crippen LogP contribution is 2.22. The van der Waals surface area contributed by atoms with Crippen molar-refractivity contribution in [2.24, 2.45) is 0 Å². The maximum absolute atomic E-state index is 4.57. The van der Waals surface area contributed by atoms with Gasteiger partial charge in [0.1, 0.15) is 0 Å². The summed E-state index contributed by atoms with van der Waals surface area (Å²) in [5.74, 6) is 0. The number of likely N-dealkylation sites (N-methyl/N-ethyl adjacent to an activating group) is 1. The van der Waals surface area contributed by atoms with Crippen LogP contribution in [-0.2, 0) is 0 Å². The van der Waals surface area contributed by atoms with Crippen LogP contribution in [0.15, 0.2) is 12.4 Å². The lowest BCUT2D eigenvalue weighted by Crippen LogP contribution is -2.44. The fourth-order valence-electron chi connectivity index (χ4n) is 2.83. The molecule has 3 heterocycles. The molecule has 0 saturated carbocycles. The van der Waals surface area contributed by atoms with E-state index in [-0.39, 0.29) is 0 Å². The lowest BCUT2D eigenvalue weighted by atomic mass is 10.1. The maximum Gasteiger partial charge on any atom is 0.0753 e. The highest BCUT2D eigenvalue weighted by atomic mass is 15.3. The van der Waals surface area contributed by atoms with Crippen LogP contribution in [-0.4, -0.2) is 61.0 Å². The van der Waals surface area contributed by atoms with Crippen LogP contribution >= 0.6 is 0 Å². The maximum atomic E-state index is 4.57. The van der Waals surface area contributed by atoms with Crippen molar-refractivity contribution in [2.75, 3.05) is 51.2 Å². The summed E-state index contributed by atoms with van der Waals surface area (Å²) in [5, 5.41) is 7.97. The van der Waals surface area contributed by atoms with Gasteiger partial charge in [-0.1, -0.05) is 0 Å². The van der Waals surface area contributed by atoms with E-state index in [4.69, 9.17) is 0 Å². The van der Waals surface area contributed by atoms with Crippen LogP contribution in [0.4, 0.5) is 5.69 Å². The second-order valence-electron chi connectivity index (χ2n) is 5.45. The van der Waals surface area contributed by atoms with Crippen molar-refractivity contribution in [2.45, 2.75) is 18.9 Å². The van der Waals surface area contributed by atoms with Crippen LogP contribution in [0.5, 0.6) is 0 Å². The van der Waals surface area contributed by atoms with Crippen molar-refractivity contribution in [1.82, 2.24) is 20.0 Å². The fourth-order valence-corrected chi connectivity index (χ4v) is 2.83. The number of nitrogens with zero attached hydrogens (tertiary/aromatic N) is 4. The van der Waals surface area contributed by atoms with E-state index in [1.807, 2.05) is 6.20 Å². The summed E-state index contributed by atoms with van der Waals surface area (Å²) < 4.78 is 2.18. The lowest BCUT2D eigenvalue weighted by Gasteiger charge is -2.33. The minimum absolute atomic E-state index is 0.590. The van der Waals surface area contributed by atoms with Crippen molar-refractivity contribution in [3.05, 3.63) is 12.4 Å². The Balaban J connectivity index is 1.65. The first-order valence-corrected chi connectivity index (χ1v) is 7.01. The number of hydrogen-bond acceptors (Lipinski definition) is 4. The molecule has 2 aliphatic heterocycles. The smallest absolute Gasteiger partial charge is 0.0753 e. The molecule has 0 spiro atoms. The zero-order valence-corrected chi connectivity index (χ0v) is 11.2. The van der Waals surface area contributed by atoms with Gasteiger partial charge in [-0.25, -0.2) is 0 Å². The average Bonchev–Trinajstić information content (AvgIpc) is 2.90. The molecule has 5 heteroatoms. The van der Waals surface area contributed by atoms with Gasteiger partial charge in [0, 0.05) is 32.4 Å². The fraction of sp³-hybridized carbons (Fsp3) is 0.769. The van der Waals surface area contributed by atoms with Crippen molar-refractivity contribution in [3.8, 4) is 0 Å². The van der Waals surface area contributed by atoms with Crippen LogP contribution < -0.4 is 10.2 Å². The number of rotatable bonds is 2. The van der Waals surface area contributed by atoms with E-state index in [9.17, 15) is 0 Å². The molecule has 1 aromatic heterocycles. The Hall–Kier alpha value is -1.07. The Morgan fingerprint density at radius 3 is 2.61 bits per heavy atom. The summed E-state index contributed by atoms with van der Waals surface area (Å²) in [4.78, 5) is 4.83. The van der Waals surface area contributed by atoms with Crippen LogP contribution in [0, 0.1) is 0 Å². The zero-order chi connectivity index (χ0) is 12.4. The average molecular weight is 249 g/mol. The van der Waals surface area contributed by atoms with Gasteiger partial charge in [-0.05, 0) is 33.0 Å². The van der Waals surface area contributed by atoms with Gasteiger partial charge in [0.15, 0.2) is 0 Å². The first-order valence-electron chi connectivity index (χ1n) is 7.01. The van der Waals surface area contributed by atoms with Gasteiger partial charge in [0.05, 0.1) is 17.9 Å². The molecule has 0 bridgehead atoms. The molecule has 0 amide bonds. The van der Waals surface area contributed by atoms with E-state index < -0.39 is 0 Å². The molecule has 18 heavy (non-hydrogen) atoms. The minimum Gasteiger partial charge on any atom is -0.366 e. The molecule has 5 nitrogen and oxygen atoms in total. The highest BCUT2D eigenvalue weighted by Gasteiger charge is 2.19. The Bertz CT molecular complexity index is 374. The van der Waals surface area contributed by atoms with Crippen LogP contribution in [0.2, 0.25) is 0 Å². The third-order valence-electron chi connectivity index (χ3n) is 4.14. The Kier molecular flexibility index (Phi) is 3.52. The summed E-state index contributed by atoms with van der Waals surface area (Å²) in [7, 11) is 2.19. The van der Waals surface area contributed by atoms with Gasteiger partial charge in [-0.15, -0.1) is 0 Å². The SMILES string of the molecule is CN1CCN(c2cnn(C3CCNCC3)c2)CC1. The number of piperidine rings is 1. The molecule has 3 rings (SSSR count). The van der Waals surface area contributed by atoms with Gasteiger partial charge in [0.25, 0.3) is 0 Å². The molecule has 0 atom stereocenters. The van der Waals surface area contributed by atoms with Crippen LogP contribution in [0.1, 0.15) is 18.9 Å². The third-order valence-corrected chi connectivity index (χ3v) is 4.14. The van der Waals surface area contributed by atoms with Gasteiger partial charge in [-0.3, -0.25) is 4.68 Å². The van der Waals surface area contributed by atoms with Crippen molar-refractivity contribution in [3.63, 3.8) is 0 Å². The topological polar surface area (TPSA) is 36.3 Å². The monoisotopic (exact) mass is 249 g/mol. The van der Waals surface area contributed by atoms with Gasteiger partial charge in [0.2, 0.25) is 0 Å². The second-order valence-corrected chi connectivity index (χ2v) is 5.45. The lowest BCUT2D eigenvalue weighted by molar-refractivity contribution is 0.312. The molecule has 1 N–H and O–H groups in total.